The fourth-order valence-electron chi connectivity index (χ4n) is 3.31. The molecule has 2 heterocycles. The highest BCUT2D eigenvalue weighted by atomic mass is 16.4. The maximum Gasteiger partial charge on any atom is 0.317 e. The number of piperazine rings is 1. The largest absolute Gasteiger partial charge is 0.481 e. The topological polar surface area (TPSA) is 98.7 Å². The molecular weight excluding hydrogens is 310 g/mol. The monoisotopic (exact) mass is 333 g/mol. The van der Waals surface area contributed by atoms with E-state index in [4.69, 9.17) is 5.11 Å². The summed E-state index contributed by atoms with van der Waals surface area (Å²) in [5, 5.41) is 12.1. The van der Waals surface area contributed by atoms with Gasteiger partial charge in [0.05, 0.1) is 5.92 Å². The van der Waals surface area contributed by atoms with E-state index in [1.165, 1.54) is 0 Å². The molecule has 8 heteroatoms. The van der Waals surface area contributed by atoms with Gasteiger partial charge in [0, 0.05) is 44.6 Å². The lowest BCUT2D eigenvalue weighted by Crippen LogP contribution is -2.54. The molecule has 8 nitrogen and oxygen atoms in total. The number of nitrogens with zero attached hydrogens (tertiary/aromatic N) is 4. The van der Waals surface area contributed by atoms with Crippen molar-refractivity contribution < 1.29 is 14.7 Å². The number of carbonyl (C=O) groups is 2. The smallest absolute Gasteiger partial charge is 0.317 e. The van der Waals surface area contributed by atoms with Crippen LogP contribution in [0.4, 0.5) is 10.7 Å². The van der Waals surface area contributed by atoms with Gasteiger partial charge >= 0.3 is 12.0 Å². The van der Waals surface area contributed by atoms with Crippen LogP contribution < -0.4 is 10.2 Å². The minimum atomic E-state index is -0.723. The van der Waals surface area contributed by atoms with Crippen molar-refractivity contribution in [2.24, 2.45) is 5.92 Å². The first-order valence-corrected chi connectivity index (χ1v) is 8.43. The second-order valence-corrected chi connectivity index (χ2v) is 6.36. The number of aromatic nitrogens is 2. The number of rotatable bonds is 3. The average molecular weight is 333 g/mol. The summed E-state index contributed by atoms with van der Waals surface area (Å²) in [5.74, 6) is -0.281. The lowest BCUT2D eigenvalue weighted by Gasteiger charge is -2.36. The Morgan fingerprint density at radius 3 is 2.25 bits per heavy atom. The number of amides is 2. The summed E-state index contributed by atoms with van der Waals surface area (Å²) in [6, 6.07) is 1.82. The summed E-state index contributed by atoms with van der Waals surface area (Å²) >= 11 is 0. The predicted octanol–water partition coefficient (Wildman–Crippen LogP) is 0.952. The lowest BCUT2D eigenvalue weighted by atomic mass is 9.86. The number of urea groups is 1. The summed E-state index contributed by atoms with van der Waals surface area (Å²) in [7, 11) is 0. The van der Waals surface area contributed by atoms with Gasteiger partial charge in [-0.25, -0.2) is 14.8 Å². The van der Waals surface area contributed by atoms with Crippen LogP contribution in [0.1, 0.15) is 25.7 Å². The van der Waals surface area contributed by atoms with Gasteiger partial charge < -0.3 is 20.2 Å². The molecule has 0 unspecified atom stereocenters. The van der Waals surface area contributed by atoms with E-state index in [-0.39, 0.29) is 18.0 Å². The predicted molar refractivity (Wildman–Crippen MR) is 87.7 cm³/mol. The molecule has 0 aromatic carbocycles. The van der Waals surface area contributed by atoms with Crippen LogP contribution in [0.15, 0.2) is 18.5 Å². The normalized spacial score (nSPS) is 24.5. The van der Waals surface area contributed by atoms with E-state index >= 15 is 0 Å². The minimum absolute atomic E-state index is 0.0533. The molecule has 1 aromatic rings. The van der Waals surface area contributed by atoms with Crippen molar-refractivity contribution in [3.05, 3.63) is 18.5 Å². The van der Waals surface area contributed by atoms with Crippen molar-refractivity contribution in [2.45, 2.75) is 31.7 Å². The molecule has 3 rings (SSSR count). The molecule has 1 saturated carbocycles. The zero-order valence-corrected chi connectivity index (χ0v) is 13.6. The second-order valence-electron chi connectivity index (χ2n) is 6.36. The fraction of sp³-hybridized carbons (Fsp3) is 0.625. The van der Waals surface area contributed by atoms with Gasteiger partial charge in [-0.2, -0.15) is 0 Å². The second kappa shape index (κ2) is 7.46. The zero-order chi connectivity index (χ0) is 16.9. The standard InChI is InChI=1S/C16H23N5O3/c22-14(23)12-2-4-13(5-3-12)19-16(24)21-10-8-20(9-11-21)15-17-6-1-7-18-15/h1,6-7,12-13H,2-5,8-11H2,(H,19,24)(H,22,23). The Kier molecular flexibility index (Phi) is 5.12. The lowest BCUT2D eigenvalue weighted by molar-refractivity contribution is -0.142. The van der Waals surface area contributed by atoms with Crippen LogP contribution in [0, 0.1) is 5.92 Å². The number of aliphatic carboxylic acids is 1. The highest BCUT2D eigenvalue weighted by molar-refractivity contribution is 5.75. The Hall–Kier alpha value is -2.38. The van der Waals surface area contributed by atoms with Gasteiger partial charge in [0.25, 0.3) is 0 Å². The Bertz CT molecular complexity index is 566. The van der Waals surface area contributed by atoms with Crippen molar-refractivity contribution in [1.29, 1.82) is 0 Å². The van der Waals surface area contributed by atoms with E-state index in [9.17, 15) is 9.59 Å². The van der Waals surface area contributed by atoms with Gasteiger partial charge in [0.15, 0.2) is 0 Å². The van der Waals surface area contributed by atoms with Gasteiger partial charge in [-0.1, -0.05) is 0 Å². The molecular formula is C16H23N5O3. The van der Waals surface area contributed by atoms with E-state index < -0.39 is 5.97 Å². The number of carboxylic acid groups (broad SMARTS) is 1. The third kappa shape index (κ3) is 3.93. The molecule has 1 aliphatic heterocycles. The van der Waals surface area contributed by atoms with Gasteiger partial charge in [-0.3, -0.25) is 4.79 Å². The minimum Gasteiger partial charge on any atom is -0.481 e. The zero-order valence-electron chi connectivity index (χ0n) is 13.6. The van der Waals surface area contributed by atoms with Crippen LogP contribution in [-0.4, -0.2) is 64.2 Å². The molecule has 2 fully saturated rings. The van der Waals surface area contributed by atoms with Gasteiger partial charge in [-0.15, -0.1) is 0 Å². The summed E-state index contributed by atoms with van der Waals surface area (Å²) in [5.41, 5.74) is 0. The SMILES string of the molecule is O=C(O)C1CCC(NC(=O)N2CCN(c3ncccn3)CC2)CC1. The fourth-order valence-corrected chi connectivity index (χ4v) is 3.31. The molecule has 2 amide bonds. The Morgan fingerprint density at radius 1 is 1.04 bits per heavy atom. The van der Waals surface area contributed by atoms with E-state index in [2.05, 4.69) is 20.2 Å². The third-order valence-electron chi connectivity index (χ3n) is 4.81. The molecule has 24 heavy (non-hydrogen) atoms. The van der Waals surface area contributed by atoms with Crippen molar-refractivity contribution in [3.63, 3.8) is 0 Å². The Balaban J connectivity index is 1.43. The van der Waals surface area contributed by atoms with E-state index in [0.29, 0.717) is 45.0 Å². The first-order valence-electron chi connectivity index (χ1n) is 8.43. The third-order valence-corrected chi connectivity index (χ3v) is 4.81. The average Bonchev–Trinajstić information content (AvgIpc) is 2.63. The summed E-state index contributed by atoms with van der Waals surface area (Å²) in [6.07, 6.45) is 6.18. The quantitative estimate of drug-likeness (QED) is 0.854. The Labute approximate surface area is 140 Å². The Morgan fingerprint density at radius 2 is 1.67 bits per heavy atom. The van der Waals surface area contributed by atoms with Gasteiger partial charge in [-0.05, 0) is 31.7 Å². The van der Waals surface area contributed by atoms with Crippen molar-refractivity contribution in [2.75, 3.05) is 31.1 Å². The first-order chi connectivity index (χ1) is 11.6. The molecule has 1 aromatic heterocycles. The number of carbonyl (C=O) groups excluding carboxylic acids is 1. The summed E-state index contributed by atoms with van der Waals surface area (Å²) < 4.78 is 0. The van der Waals surface area contributed by atoms with Gasteiger partial charge in [0.2, 0.25) is 5.95 Å². The number of carboxylic acids is 1. The van der Waals surface area contributed by atoms with E-state index in [1.807, 2.05) is 4.90 Å². The highest BCUT2D eigenvalue weighted by Gasteiger charge is 2.29. The van der Waals surface area contributed by atoms with Crippen LogP contribution >= 0.6 is 0 Å². The van der Waals surface area contributed by atoms with Crippen LogP contribution in [0.5, 0.6) is 0 Å². The van der Waals surface area contributed by atoms with Crippen LogP contribution in [0.2, 0.25) is 0 Å². The van der Waals surface area contributed by atoms with Crippen molar-refractivity contribution in [1.82, 2.24) is 20.2 Å². The number of anilines is 1. The molecule has 1 aliphatic carbocycles. The molecule has 1 saturated heterocycles. The number of hydrogen-bond acceptors (Lipinski definition) is 5. The summed E-state index contributed by atoms with van der Waals surface area (Å²) in [4.78, 5) is 35.7. The molecule has 0 bridgehead atoms. The van der Waals surface area contributed by atoms with E-state index in [1.54, 1.807) is 18.5 Å². The molecule has 0 atom stereocenters. The maximum absolute atomic E-state index is 12.4. The van der Waals surface area contributed by atoms with Crippen molar-refractivity contribution in [3.8, 4) is 0 Å². The first kappa shape index (κ1) is 16.5. The molecule has 2 aliphatic rings. The van der Waals surface area contributed by atoms with E-state index in [0.717, 1.165) is 12.8 Å². The number of hydrogen-bond donors (Lipinski definition) is 2. The van der Waals surface area contributed by atoms with Gasteiger partial charge in [0.1, 0.15) is 0 Å². The number of nitrogens with one attached hydrogen (secondary N) is 1. The molecule has 130 valence electrons. The summed E-state index contributed by atoms with van der Waals surface area (Å²) in [6.45, 7) is 2.69. The molecule has 0 radical (unpaired) electrons. The van der Waals surface area contributed by atoms with Crippen LogP contribution in [0.3, 0.4) is 0 Å². The van der Waals surface area contributed by atoms with Crippen LogP contribution in [0.25, 0.3) is 0 Å². The highest BCUT2D eigenvalue weighted by Crippen LogP contribution is 2.24. The van der Waals surface area contributed by atoms with Crippen molar-refractivity contribution >= 4 is 17.9 Å². The van der Waals surface area contributed by atoms with Crippen LogP contribution in [-0.2, 0) is 4.79 Å². The maximum atomic E-state index is 12.4. The molecule has 2 N–H and O–H groups in total. The molecule has 0 spiro atoms.